The molecule has 0 bridgehead atoms. The van der Waals surface area contributed by atoms with Gasteiger partial charge in [0.2, 0.25) is 0 Å². The summed E-state index contributed by atoms with van der Waals surface area (Å²) in [6.45, 7) is 4.61. The topological polar surface area (TPSA) is 0 Å². The lowest BCUT2D eigenvalue weighted by atomic mass is 9.79. The summed E-state index contributed by atoms with van der Waals surface area (Å²) < 4.78 is 0. The van der Waals surface area contributed by atoms with Crippen LogP contribution < -0.4 is 0 Å². The Morgan fingerprint density at radius 2 is 1.46 bits per heavy atom. The fraction of sp³-hybridized carbons (Fsp3) is 0.571. The highest BCUT2D eigenvalue weighted by Gasteiger charge is 2.20. The van der Waals surface area contributed by atoms with Gasteiger partial charge in [-0.2, -0.15) is 0 Å². The minimum atomic E-state index is 0.786. The van der Waals surface area contributed by atoms with Crippen LogP contribution in [0.25, 0.3) is 11.1 Å². The summed E-state index contributed by atoms with van der Waals surface area (Å²) >= 11 is 0. The third-order valence-corrected chi connectivity index (χ3v) is 7.45. The molecular formula is C28H38. The van der Waals surface area contributed by atoms with E-state index < -0.39 is 0 Å². The molecule has 2 saturated carbocycles. The maximum absolute atomic E-state index is 2.57. The summed E-state index contributed by atoms with van der Waals surface area (Å²) in [7, 11) is 0. The third kappa shape index (κ3) is 5.07. The summed E-state index contributed by atoms with van der Waals surface area (Å²) in [4.78, 5) is 0. The van der Waals surface area contributed by atoms with Crippen LogP contribution in [0.5, 0.6) is 0 Å². The van der Waals surface area contributed by atoms with E-state index in [9.17, 15) is 0 Å². The maximum atomic E-state index is 2.57. The molecule has 2 aromatic carbocycles. The predicted octanol–water partition coefficient (Wildman–Crippen LogP) is 8.47. The minimum Gasteiger partial charge on any atom is -0.0625 e. The van der Waals surface area contributed by atoms with E-state index in [1.165, 1.54) is 87.3 Å². The second-order valence-electron chi connectivity index (χ2n) is 9.83. The summed E-state index contributed by atoms with van der Waals surface area (Å²) in [5.41, 5.74) is 7.37. The Kier molecular flexibility index (Phi) is 6.55. The molecule has 4 rings (SSSR count). The fourth-order valence-corrected chi connectivity index (χ4v) is 5.44. The highest BCUT2D eigenvalue weighted by atomic mass is 14.3. The van der Waals surface area contributed by atoms with Crippen molar-refractivity contribution in [3.8, 4) is 11.1 Å². The first-order valence-electron chi connectivity index (χ1n) is 11.9. The first-order valence-corrected chi connectivity index (χ1v) is 11.9. The van der Waals surface area contributed by atoms with Crippen molar-refractivity contribution in [1.29, 1.82) is 0 Å². The van der Waals surface area contributed by atoms with Crippen molar-refractivity contribution in [3.05, 3.63) is 59.2 Å². The molecule has 0 nitrogen and oxygen atoms in total. The van der Waals surface area contributed by atoms with Gasteiger partial charge in [0.25, 0.3) is 0 Å². The van der Waals surface area contributed by atoms with Crippen LogP contribution in [0.3, 0.4) is 0 Å². The zero-order valence-corrected chi connectivity index (χ0v) is 18.1. The number of benzene rings is 2. The average Bonchev–Trinajstić information content (AvgIpc) is 2.74. The molecule has 2 aliphatic carbocycles. The van der Waals surface area contributed by atoms with Gasteiger partial charge in [-0.25, -0.2) is 0 Å². The molecule has 28 heavy (non-hydrogen) atoms. The molecule has 0 heteroatoms. The molecule has 150 valence electrons. The van der Waals surface area contributed by atoms with Gasteiger partial charge in [0.15, 0.2) is 0 Å². The molecular weight excluding hydrogens is 336 g/mol. The smallest absolute Gasteiger partial charge is 0.0162 e. The van der Waals surface area contributed by atoms with Crippen LogP contribution in [0.1, 0.15) is 93.7 Å². The van der Waals surface area contributed by atoms with Crippen molar-refractivity contribution in [1.82, 2.24) is 0 Å². The van der Waals surface area contributed by atoms with E-state index in [0.717, 1.165) is 17.8 Å². The van der Waals surface area contributed by atoms with Gasteiger partial charge in [0.1, 0.15) is 0 Å². The van der Waals surface area contributed by atoms with Crippen LogP contribution in [0.15, 0.2) is 42.5 Å². The molecule has 0 N–H and O–H groups in total. The first-order chi connectivity index (χ1) is 13.7. The highest BCUT2D eigenvalue weighted by Crippen LogP contribution is 2.36. The van der Waals surface area contributed by atoms with E-state index in [1.54, 1.807) is 11.1 Å². The van der Waals surface area contributed by atoms with Gasteiger partial charge in [-0.15, -0.1) is 0 Å². The van der Waals surface area contributed by atoms with E-state index in [2.05, 4.69) is 56.3 Å². The monoisotopic (exact) mass is 374 g/mol. The van der Waals surface area contributed by atoms with Crippen molar-refractivity contribution in [2.45, 2.75) is 90.4 Å². The Labute approximate surface area is 172 Å². The quantitative estimate of drug-likeness (QED) is 0.492. The van der Waals surface area contributed by atoms with Gasteiger partial charge in [0, 0.05) is 0 Å². The molecule has 2 aromatic rings. The van der Waals surface area contributed by atoms with Gasteiger partial charge in [-0.1, -0.05) is 99.9 Å². The molecule has 0 unspecified atom stereocenters. The Morgan fingerprint density at radius 1 is 0.750 bits per heavy atom. The Balaban J connectivity index is 1.55. The molecule has 0 atom stereocenters. The Morgan fingerprint density at radius 3 is 2.18 bits per heavy atom. The lowest BCUT2D eigenvalue weighted by Crippen LogP contribution is -2.13. The summed E-state index contributed by atoms with van der Waals surface area (Å²) in [6.07, 6.45) is 15.5. The van der Waals surface area contributed by atoms with Gasteiger partial charge in [-0.05, 0) is 72.6 Å². The van der Waals surface area contributed by atoms with Crippen LogP contribution in [0.2, 0.25) is 0 Å². The molecule has 0 saturated heterocycles. The van der Waals surface area contributed by atoms with Crippen LogP contribution in [0, 0.1) is 18.8 Å². The van der Waals surface area contributed by atoms with E-state index >= 15 is 0 Å². The van der Waals surface area contributed by atoms with Gasteiger partial charge >= 0.3 is 0 Å². The molecule has 0 spiro atoms. The lowest BCUT2D eigenvalue weighted by Gasteiger charge is -2.26. The Bertz CT molecular complexity index is 740. The molecule has 0 heterocycles. The molecule has 0 aromatic heterocycles. The largest absolute Gasteiger partial charge is 0.0625 e. The standard InChI is InChI=1S/C28H38/c1-21-8-12-23(13-9-21)14-15-24-18-27(25-6-4-3-5-7-25)20-28(19-24)26-16-10-22(2)11-17-26/h10-11,16-21,23,25H,3-9,12-15H2,1-2H3. The zero-order valence-electron chi connectivity index (χ0n) is 18.1. The minimum absolute atomic E-state index is 0.786. The molecule has 2 aliphatic rings. The van der Waals surface area contributed by atoms with Crippen molar-refractivity contribution >= 4 is 0 Å². The highest BCUT2D eigenvalue weighted by molar-refractivity contribution is 5.65. The van der Waals surface area contributed by atoms with Crippen LogP contribution in [-0.2, 0) is 6.42 Å². The third-order valence-electron chi connectivity index (χ3n) is 7.45. The normalized spacial score (nSPS) is 23.6. The molecule has 0 radical (unpaired) electrons. The van der Waals surface area contributed by atoms with Crippen LogP contribution >= 0.6 is 0 Å². The van der Waals surface area contributed by atoms with Crippen molar-refractivity contribution in [3.63, 3.8) is 0 Å². The van der Waals surface area contributed by atoms with E-state index in [-0.39, 0.29) is 0 Å². The fourth-order valence-electron chi connectivity index (χ4n) is 5.44. The number of aryl methyl sites for hydroxylation is 2. The zero-order chi connectivity index (χ0) is 19.3. The summed E-state index contributed by atoms with van der Waals surface area (Å²) in [5.74, 6) is 2.70. The van der Waals surface area contributed by atoms with Crippen LogP contribution in [0.4, 0.5) is 0 Å². The molecule has 0 amide bonds. The number of hydrogen-bond acceptors (Lipinski definition) is 0. The Hall–Kier alpha value is -1.56. The van der Waals surface area contributed by atoms with Crippen molar-refractivity contribution in [2.75, 3.05) is 0 Å². The molecule has 2 fully saturated rings. The van der Waals surface area contributed by atoms with E-state index in [0.29, 0.717) is 0 Å². The summed E-state index contributed by atoms with van der Waals surface area (Å²) in [5, 5.41) is 0. The first kappa shape index (κ1) is 19.7. The predicted molar refractivity (Wildman–Crippen MR) is 122 cm³/mol. The van der Waals surface area contributed by atoms with Gasteiger partial charge in [-0.3, -0.25) is 0 Å². The van der Waals surface area contributed by atoms with Crippen molar-refractivity contribution < 1.29 is 0 Å². The number of hydrogen-bond donors (Lipinski definition) is 0. The van der Waals surface area contributed by atoms with Gasteiger partial charge in [0.05, 0.1) is 0 Å². The summed E-state index contributed by atoms with van der Waals surface area (Å²) in [6, 6.07) is 16.7. The average molecular weight is 375 g/mol. The van der Waals surface area contributed by atoms with E-state index in [4.69, 9.17) is 0 Å². The van der Waals surface area contributed by atoms with Crippen LogP contribution in [-0.4, -0.2) is 0 Å². The van der Waals surface area contributed by atoms with Crippen molar-refractivity contribution in [2.24, 2.45) is 11.8 Å². The maximum Gasteiger partial charge on any atom is -0.0162 e. The second-order valence-corrected chi connectivity index (χ2v) is 9.83. The molecule has 0 aliphatic heterocycles. The SMILES string of the molecule is Cc1ccc(-c2cc(CCC3CCC(C)CC3)cc(C3CCCCC3)c2)cc1. The number of rotatable bonds is 5. The lowest BCUT2D eigenvalue weighted by molar-refractivity contribution is 0.278. The van der Waals surface area contributed by atoms with Gasteiger partial charge < -0.3 is 0 Å². The second kappa shape index (κ2) is 9.29. The van der Waals surface area contributed by atoms with E-state index in [1.807, 2.05) is 0 Å².